The van der Waals surface area contributed by atoms with Gasteiger partial charge in [-0.25, -0.2) is 0 Å². The van der Waals surface area contributed by atoms with Crippen molar-refractivity contribution in [3.8, 4) is 0 Å². The van der Waals surface area contributed by atoms with Gasteiger partial charge < -0.3 is 9.64 Å². The Bertz CT molecular complexity index is 558. The number of rotatable bonds is 3. The van der Waals surface area contributed by atoms with E-state index in [0.717, 1.165) is 45.4 Å². The molecule has 0 N–H and O–H groups in total. The van der Waals surface area contributed by atoms with Crippen LogP contribution in [0.25, 0.3) is 0 Å². The maximum atomic E-state index is 12.9. The molecule has 2 fully saturated rings. The van der Waals surface area contributed by atoms with Crippen molar-refractivity contribution in [1.29, 1.82) is 0 Å². The van der Waals surface area contributed by atoms with E-state index in [1.165, 1.54) is 11.1 Å². The summed E-state index contributed by atoms with van der Waals surface area (Å²) in [6, 6.07) is 8.77. The number of ether oxygens (including phenoxy) is 1. The second kappa shape index (κ2) is 6.27. The molecule has 1 amide bonds. The van der Waals surface area contributed by atoms with Crippen LogP contribution < -0.4 is 0 Å². The average Bonchev–Trinajstić information content (AvgIpc) is 3.01. The lowest BCUT2D eigenvalue weighted by Gasteiger charge is -2.45. The molecule has 3 rings (SSSR count). The molecule has 0 unspecified atom stereocenters. The Hall–Kier alpha value is -1.35. The molecule has 3 heteroatoms. The lowest BCUT2D eigenvalue weighted by molar-refractivity contribution is -0.135. The van der Waals surface area contributed by atoms with Gasteiger partial charge in [-0.15, -0.1) is 0 Å². The smallest absolute Gasteiger partial charge is 0.223 e. The summed E-state index contributed by atoms with van der Waals surface area (Å²) in [7, 11) is 0. The van der Waals surface area contributed by atoms with E-state index in [0.29, 0.717) is 12.3 Å². The SMILES string of the molecule is Cc1ccc([C@]2(CC(=O)N3CCCC3)CCOC(C)(C)C2)cc1. The summed E-state index contributed by atoms with van der Waals surface area (Å²) in [5, 5.41) is 0. The monoisotopic (exact) mass is 315 g/mol. The summed E-state index contributed by atoms with van der Waals surface area (Å²) in [5.74, 6) is 0.320. The molecule has 2 saturated heterocycles. The highest BCUT2D eigenvalue weighted by Crippen LogP contribution is 2.44. The van der Waals surface area contributed by atoms with Crippen LogP contribution in [0.15, 0.2) is 24.3 Å². The molecular weight excluding hydrogens is 286 g/mol. The Morgan fingerprint density at radius 3 is 2.43 bits per heavy atom. The molecule has 23 heavy (non-hydrogen) atoms. The fraction of sp³-hybridized carbons (Fsp3) is 0.650. The van der Waals surface area contributed by atoms with Crippen molar-refractivity contribution in [2.24, 2.45) is 0 Å². The van der Waals surface area contributed by atoms with Gasteiger partial charge in [-0.05, 0) is 52.0 Å². The number of aryl methyl sites for hydroxylation is 1. The molecule has 0 aliphatic carbocycles. The highest BCUT2D eigenvalue weighted by Gasteiger charge is 2.44. The molecule has 0 bridgehead atoms. The molecule has 0 aromatic heterocycles. The molecule has 2 aliphatic heterocycles. The lowest BCUT2D eigenvalue weighted by Crippen LogP contribution is -2.47. The van der Waals surface area contributed by atoms with Crippen LogP contribution in [-0.4, -0.2) is 36.1 Å². The number of nitrogens with zero attached hydrogens (tertiary/aromatic N) is 1. The van der Waals surface area contributed by atoms with Gasteiger partial charge in [-0.2, -0.15) is 0 Å². The van der Waals surface area contributed by atoms with Crippen LogP contribution in [0.2, 0.25) is 0 Å². The quantitative estimate of drug-likeness (QED) is 0.848. The van der Waals surface area contributed by atoms with Crippen molar-refractivity contribution in [3.63, 3.8) is 0 Å². The van der Waals surface area contributed by atoms with E-state index >= 15 is 0 Å². The van der Waals surface area contributed by atoms with Crippen molar-refractivity contribution in [3.05, 3.63) is 35.4 Å². The fourth-order valence-electron chi connectivity index (χ4n) is 4.25. The average molecular weight is 315 g/mol. The van der Waals surface area contributed by atoms with E-state index in [9.17, 15) is 4.79 Å². The third kappa shape index (κ3) is 3.60. The molecule has 2 aliphatic rings. The van der Waals surface area contributed by atoms with Crippen LogP contribution in [-0.2, 0) is 14.9 Å². The summed E-state index contributed by atoms with van der Waals surface area (Å²) < 4.78 is 5.95. The van der Waals surface area contributed by atoms with E-state index < -0.39 is 0 Å². The van der Waals surface area contributed by atoms with Crippen LogP contribution >= 0.6 is 0 Å². The standard InChI is InChI=1S/C20H29NO2/c1-16-6-8-17(9-7-16)20(10-13-23-19(2,3)15-20)14-18(22)21-11-4-5-12-21/h6-9H,4-5,10-15H2,1-3H3/t20-/m0/s1. The fourth-order valence-corrected chi connectivity index (χ4v) is 4.25. The molecule has 2 heterocycles. The Labute approximate surface area is 140 Å². The van der Waals surface area contributed by atoms with Gasteiger partial charge in [0.1, 0.15) is 0 Å². The zero-order valence-electron chi connectivity index (χ0n) is 14.7. The van der Waals surface area contributed by atoms with Gasteiger partial charge in [-0.3, -0.25) is 4.79 Å². The third-order valence-electron chi connectivity index (χ3n) is 5.45. The molecule has 1 aromatic carbocycles. The summed E-state index contributed by atoms with van der Waals surface area (Å²) in [6.07, 6.45) is 4.75. The second-order valence-electron chi connectivity index (χ2n) is 7.95. The van der Waals surface area contributed by atoms with Crippen molar-refractivity contribution in [2.75, 3.05) is 19.7 Å². The highest BCUT2D eigenvalue weighted by molar-refractivity contribution is 5.78. The first-order valence-corrected chi connectivity index (χ1v) is 8.89. The number of carbonyl (C=O) groups excluding carboxylic acids is 1. The van der Waals surface area contributed by atoms with E-state index in [1.807, 2.05) is 0 Å². The van der Waals surface area contributed by atoms with Gasteiger partial charge in [0.15, 0.2) is 0 Å². The minimum absolute atomic E-state index is 0.0882. The van der Waals surface area contributed by atoms with Crippen LogP contribution in [0, 0.1) is 6.92 Å². The molecule has 3 nitrogen and oxygen atoms in total. The van der Waals surface area contributed by atoms with Crippen molar-refractivity contribution in [2.45, 2.75) is 63.9 Å². The zero-order chi connectivity index (χ0) is 16.5. The Kier molecular flexibility index (Phi) is 4.50. The van der Waals surface area contributed by atoms with E-state index in [1.54, 1.807) is 0 Å². The number of carbonyl (C=O) groups is 1. The predicted octanol–water partition coefficient (Wildman–Crippen LogP) is 3.83. The largest absolute Gasteiger partial charge is 0.376 e. The van der Waals surface area contributed by atoms with Crippen LogP contribution in [0.5, 0.6) is 0 Å². The van der Waals surface area contributed by atoms with E-state index in [2.05, 4.69) is 49.9 Å². The molecule has 0 radical (unpaired) electrons. The Morgan fingerprint density at radius 2 is 1.83 bits per heavy atom. The number of benzene rings is 1. The topological polar surface area (TPSA) is 29.5 Å². The van der Waals surface area contributed by atoms with E-state index in [4.69, 9.17) is 4.74 Å². The van der Waals surface area contributed by atoms with Gasteiger partial charge in [0, 0.05) is 31.5 Å². The molecule has 1 aromatic rings. The maximum absolute atomic E-state index is 12.9. The minimum Gasteiger partial charge on any atom is -0.376 e. The van der Waals surface area contributed by atoms with Crippen molar-refractivity contribution in [1.82, 2.24) is 4.90 Å². The van der Waals surface area contributed by atoms with Gasteiger partial charge >= 0.3 is 0 Å². The minimum atomic E-state index is -0.172. The number of amides is 1. The lowest BCUT2D eigenvalue weighted by atomic mass is 9.67. The summed E-state index contributed by atoms with van der Waals surface area (Å²) in [4.78, 5) is 14.9. The number of likely N-dealkylation sites (tertiary alicyclic amines) is 1. The second-order valence-corrected chi connectivity index (χ2v) is 7.95. The van der Waals surface area contributed by atoms with Crippen molar-refractivity contribution < 1.29 is 9.53 Å². The molecule has 0 spiro atoms. The highest BCUT2D eigenvalue weighted by atomic mass is 16.5. The number of hydrogen-bond donors (Lipinski definition) is 0. The normalized spacial score (nSPS) is 27.2. The predicted molar refractivity (Wildman–Crippen MR) is 92.6 cm³/mol. The van der Waals surface area contributed by atoms with Crippen molar-refractivity contribution >= 4 is 5.91 Å². The van der Waals surface area contributed by atoms with Gasteiger partial charge in [0.25, 0.3) is 0 Å². The van der Waals surface area contributed by atoms with Crippen LogP contribution in [0.3, 0.4) is 0 Å². The zero-order valence-corrected chi connectivity index (χ0v) is 14.7. The molecular formula is C20H29NO2. The first kappa shape index (κ1) is 16.5. The molecule has 0 saturated carbocycles. The summed E-state index contributed by atoms with van der Waals surface area (Å²) in [6.45, 7) is 9.00. The van der Waals surface area contributed by atoms with Crippen LogP contribution in [0.4, 0.5) is 0 Å². The molecule has 126 valence electrons. The Balaban J connectivity index is 1.89. The number of hydrogen-bond acceptors (Lipinski definition) is 2. The van der Waals surface area contributed by atoms with Gasteiger partial charge in [0.2, 0.25) is 5.91 Å². The van der Waals surface area contributed by atoms with Gasteiger partial charge in [-0.1, -0.05) is 29.8 Å². The molecule has 1 atom stereocenters. The summed E-state index contributed by atoms with van der Waals surface area (Å²) in [5.41, 5.74) is 2.30. The Morgan fingerprint density at radius 1 is 1.17 bits per heavy atom. The first-order valence-electron chi connectivity index (χ1n) is 8.89. The van der Waals surface area contributed by atoms with Gasteiger partial charge in [0.05, 0.1) is 5.60 Å². The first-order chi connectivity index (χ1) is 10.9. The third-order valence-corrected chi connectivity index (χ3v) is 5.45. The van der Waals surface area contributed by atoms with E-state index in [-0.39, 0.29) is 11.0 Å². The van der Waals surface area contributed by atoms with Crippen LogP contribution in [0.1, 0.15) is 57.1 Å². The maximum Gasteiger partial charge on any atom is 0.223 e. The summed E-state index contributed by atoms with van der Waals surface area (Å²) >= 11 is 0.